The first-order valence-corrected chi connectivity index (χ1v) is 20.8. The molecule has 10 atom stereocenters. The van der Waals surface area contributed by atoms with E-state index in [2.05, 4.69) is 21.3 Å². The molecule has 0 radical (unpaired) electrons. The van der Waals surface area contributed by atoms with Gasteiger partial charge in [0.05, 0.1) is 63.7 Å². The molecular weight excluding hydrogens is 844 g/mol. The van der Waals surface area contributed by atoms with Crippen LogP contribution in [0.25, 0.3) is 0 Å². The van der Waals surface area contributed by atoms with E-state index in [4.69, 9.17) is 47.7 Å². The summed E-state index contributed by atoms with van der Waals surface area (Å²) in [6, 6.07) is 0. The second-order valence-electron chi connectivity index (χ2n) is 16.0. The highest BCUT2D eigenvalue weighted by Crippen LogP contribution is 2.24. The first-order chi connectivity index (χ1) is 29.8. The molecule has 2 saturated heterocycles. The topological polar surface area (TPSA) is 330 Å². The molecule has 0 aromatic carbocycles. The number of aliphatic hydroxyl groups is 6. The second-order valence-corrected chi connectivity index (χ2v) is 16.0. The Bertz CT molecular complexity index is 1380. The van der Waals surface area contributed by atoms with Gasteiger partial charge in [-0.2, -0.15) is 0 Å². The summed E-state index contributed by atoms with van der Waals surface area (Å²) in [6.07, 6.45) is -8.65. The van der Waals surface area contributed by atoms with Gasteiger partial charge in [-0.1, -0.05) is 13.8 Å². The predicted molar refractivity (Wildman–Crippen MR) is 215 cm³/mol. The summed E-state index contributed by atoms with van der Waals surface area (Å²) >= 11 is 0. The largest absolute Gasteiger partial charge is 0.497 e. The van der Waals surface area contributed by atoms with Gasteiger partial charge in [-0.05, 0) is 34.1 Å². The van der Waals surface area contributed by atoms with Crippen LogP contribution in [-0.4, -0.2) is 207 Å². The molecular formula is C39H70N4O20. The normalized spacial score (nSPS) is 26.6. The maximum Gasteiger partial charge on any atom is 0.249 e. The number of aliphatic hydroxyl groups excluding tert-OH is 6. The van der Waals surface area contributed by atoms with E-state index in [9.17, 15) is 49.8 Å². The van der Waals surface area contributed by atoms with Crippen molar-refractivity contribution in [1.82, 2.24) is 21.3 Å². The molecule has 2 rings (SSSR count). The Morgan fingerprint density at radius 1 is 0.603 bits per heavy atom. The van der Waals surface area contributed by atoms with Gasteiger partial charge < -0.3 is 89.8 Å². The maximum atomic E-state index is 12.7. The summed E-state index contributed by atoms with van der Waals surface area (Å²) < 4.78 is 43.3. The fourth-order valence-corrected chi connectivity index (χ4v) is 5.49. The molecule has 0 aromatic rings. The zero-order valence-corrected chi connectivity index (χ0v) is 36.9. The maximum absolute atomic E-state index is 12.7. The molecule has 10 N–H and O–H groups in total. The van der Waals surface area contributed by atoms with E-state index in [1.165, 1.54) is 12.5 Å². The highest BCUT2D eigenvalue weighted by Gasteiger charge is 2.43. The molecule has 0 unspecified atom stereocenters. The number of carbonyl (C=O) groups is 4. The Labute approximate surface area is 367 Å². The van der Waals surface area contributed by atoms with Gasteiger partial charge in [0.25, 0.3) is 0 Å². The third kappa shape index (κ3) is 22.0. The first-order valence-electron chi connectivity index (χ1n) is 20.8. The van der Waals surface area contributed by atoms with Crippen LogP contribution in [0, 0.1) is 5.41 Å². The highest BCUT2D eigenvalue weighted by molar-refractivity contribution is 5.82. The fourth-order valence-electron chi connectivity index (χ4n) is 5.49. The third-order valence-corrected chi connectivity index (χ3v) is 9.61. The van der Waals surface area contributed by atoms with E-state index < -0.39 is 97.5 Å². The minimum Gasteiger partial charge on any atom is -0.497 e. The Kier molecular flexibility index (Phi) is 26.1. The summed E-state index contributed by atoms with van der Waals surface area (Å²) in [6.45, 7) is 10.6. The molecule has 0 aromatic heterocycles. The SMILES string of the molecule is C[C@@H]1O[C@@H](OCCO/C=C/NC(=O)C(C)(C)CCOC(C)(C)CNC(=O)COOCC(=O)NCCOCCC(=O)NCCOCCO[C@@H]2O[C@@H](C)[C@H](O)[C@@H](O)[C@H]2O)[C@H](O)[C@H](O)[C@H]1O. The quantitative estimate of drug-likeness (QED) is 0.0138. The van der Waals surface area contributed by atoms with Crippen molar-refractivity contribution in [2.24, 2.45) is 5.41 Å². The van der Waals surface area contributed by atoms with Crippen LogP contribution in [0.1, 0.15) is 54.4 Å². The average molecular weight is 915 g/mol. The number of ether oxygens (including phenoxy) is 8. The van der Waals surface area contributed by atoms with E-state index in [-0.39, 0.29) is 90.7 Å². The highest BCUT2D eigenvalue weighted by atomic mass is 17.2. The molecule has 0 spiro atoms. The lowest BCUT2D eigenvalue weighted by Gasteiger charge is -2.38. The van der Waals surface area contributed by atoms with Crippen LogP contribution in [0.4, 0.5) is 0 Å². The molecule has 0 saturated carbocycles. The van der Waals surface area contributed by atoms with Crippen molar-refractivity contribution in [1.29, 1.82) is 0 Å². The van der Waals surface area contributed by atoms with Gasteiger partial charge in [-0.15, -0.1) is 0 Å². The summed E-state index contributed by atoms with van der Waals surface area (Å²) in [5.74, 6) is -1.58. The molecule has 2 aliphatic rings. The third-order valence-electron chi connectivity index (χ3n) is 9.61. The number of amides is 4. The Morgan fingerprint density at radius 2 is 1.11 bits per heavy atom. The Hall–Kier alpha value is -3.18. The van der Waals surface area contributed by atoms with Gasteiger partial charge in [0.2, 0.25) is 23.6 Å². The van der Waals surface area contributed by atoms with Crippen molar-refractivity contribution in [2.75, 3.05) is 85.7 Å². The van der Waals surface area contributed by atoms with E-state index >= 15 is 0 Å². The smallest absolute Gasteiger partial charge is 0.249 e. The number of hydrogen-bond acceptors (Lipinski definition) is 20. The molecule has 24 nitrogen and oxygen atoms in total. The van der Waals surface area contributed by atoms with Crippen LogP contribution in [0.2, 0.25) is 0 Å². The number of rotatable bonds is 31. The van der Waals surface area contributed by atoms with Gasteiger partial charge in [-0.25, -0.2) is 9.78 Å². The second kappa shape index (κ2) is 29.4. The van der Waals surface area contributed by atoms with Crippen LogP contribution in [0.15, 0.2) is 12.5 Å². The number of hydrogen-bond donors (Lipinski definition) is 10. The van der Waals surface area contributed by atoms with Gasteiger partial charge in [0.1, 0.15) is 43.2 Å². The van der Waals surface area contributed by atoms with Crippen LogP contribution < -0.4 is 21.3 Å². The van der Waals surface area contributed by atoms with Crippen LogP contribution in [0.3, 0.4) is 0 Å². The molecule has 63 heavy (non-hydrogen) atoms. The summed E-state index contributed by atoms with van der Waals surface area (Å²) in [4.78, 5) is 58.5. The molecule has 4 amide bonds. The van der Waals surface area contributed by atoms with Crippen molar-refractivity contribution in [3.63, 3.8) is 0 Å². The van der Waals surface area contributed by atoms with Crippen LogP contribution >= 0.6 is 0 Å². The van der Waals surface area contributed by atoms with Crippen molar-refractivity contribution >= 4 is 23.6 Å². The monoisotopic (exact) mass is 914 g/mol. The zero-order chi connectivity index (χ0) is 47.0. The summed E-state index contributed by atoms with van der Waals surface area (Å²) in [7, 11) is 0. The van der Waals surface area contributed by atoms with E-state index in [1.54, 1.807) is 41.5 Å². The van der Waals surface area contributed by atoms with E-state index in [0.29, 0.717) is 6.42 Å². The number of carbonyl (C=O) groups excluding carboxylic acids is 4. The minimum atomic E-state index is -1.41. The molecule has 366 valence electrons. The molecule has 24 heteroatoms. The van der Waals surface area contributed by atoms with Crippen molar-refractivity contribution in [2.45, 2.75) is 121 Å². The van der Waals surface area contributed by atoms with Crippen molar-refractivity contribution in [3.05, 3.63) is 12.5 Å². The summed E-state index contributed by atoms with van der Waals surface area (Å²) in [5.41, 5.74) is -1.61. The molecule has 2 fully saturated rings. The number of nitrogens with one attached hydrogen (secondary N) is 4. The zero-order valence-electron chi connectivity index (χ0n) is 36.9. The first kappa shape index (κ1) is 56.0. The molecule has 0 bridgehead atoms. The van der Waals surface area contributed by atoms with Gasteiger partial charge in [0, 0.05) is 44.3 Å². The predicted octanol–water partition coefficient (Wildman–Crippen LogP) is -3.79. The molecule has 2 aliphatic heterocycles. The summed E-state index contributed by atoms with van der Waals surface area (Å²) in [5, 5.41) is 69.5. The Balaban J connectivity index is 1.42. The van der Waals surface area contributed by atoms with Gasteiger partial charge >= 0.3 is 0 Å². The van der Waals surface area contributed by atoms with Crippen molar-refractivity contribution < 1.29 is 97.5 Å². The van der Waals surface area contributed by atoms with Crippen LogP contribution in [0.5, 0.6) is 0 Å². The molecule has 0 aliphatic carbocycles. The lowest BCUT2D eigenvalue weighted by atomic mass is 9.88. The average Bonchev–Trinajstić information content (AvgIpc) is 3.23. The Morgan fingerprint density at radius 3 is 1.68 bits per heavy atom. The van der Waals surface area contributed by atoms with Crippen molar-refractivity contribution in [3.8, 4) is 0 Å². The standard InChI is InChI=1S/C39H70N4O20/c1-24-29(47)31(49)33(51)35(62-24)57-19-17-55-15-9-40-26(44)7-12-54-14-10-41-27(45)21-60-61-22-28(46)43-23-39(5,6)59-13-8-38(3,4)37(53)42-11-16-56-18-20-58-36-34(52)32(50)30(48)25(2)63-36/h11,16,24-25,29-36,47-52H,7-10,12-15,17-23H2,1-6H3,(H,40,44)(H,41,45)(H,42,53)(H,43,46)/b16-11+/t24-,25-,29-,30-,31+,32+,33+,34+,35+,36+/m0/s1. The van der Waals surface area contributed by atoms with Gasteiger partial charge in [-0.3, -0.25) is 19.2 Å². The van der Waals surface area contributed by atoms with Gasteiger partial charge in [0.15, 0.2) is 25.8 Å². The van der Waals surface area contributed by atoms with E-state index in [1.807, 2.05) is 0 Å². The lowest BCUT2D eigenvalue weighted by Crippen LogP contribution is -2.57. The van der Waals surface area contributed by atoms with Crippen LogP contribution in [-0.2, 0) is 66.8 Å². The molecule has 2 heterocycles. The fraction of sp³-hybridized carbons (Fsp3) is 0.846. The lowest BCUT2D eigenvalue weighted by molar-refractivity contribution is -0.294. The van der Waals surface area contributed by atoms with E-state index in [0.717, 1.165) is 0 Å². The minimum absolute atomic E-state index is 0.00943.